The summed E-state index contributed by atoms with van der Waals surface area (Å²) in [5, 5.41) is 0. The molecule has 274 valence electrons. The first-order valence-corrected chi connectivity index (χ1v) is 52.9. The molecule has 0 rings (SSSR count). The Bertz CT molecular complexity index is 857. The molecule has 0 amide bonds. The maximum absolute atomic E-state index is 4.31. The predicted octanol–water partition coefficient (Wildman–Crippen LogP) is 13.9. The molecule has 0 nitrogen and oxygen atoms in total. The molecule has 0 unspecified atom stereocenters. The second-order valence-electron chi connectivity index (χ2n) is 24.5. The van der Waals surface area contributed by atoms with Gasteiger partial charge in [0.2, 0.25) is 0 Å². The summed E-state index contributed by atoms with van der Waals surface area (Å²) in [6.45, 7) is 74.6. The van der Waals surface area contributed by atoms with E-state index in [4.69, 9.17) is 0 Å². The average molecular weight is 911 g/mol. The second-order valence-corrected chi connectivity index (χ2v) is 83.8. The van der Waals surface area contributed by atoms with Crippen molar-refractivity contribution in [3.8, 4) is 3.44 Å². The standard InChI is InChI=1S/C18H45Si5.C17H45Si5.Sn/c1-16(2)23(15,17(19(3,4)5)20(6,7)8)18(21(9,10)11)22(12,13)14;1-15(2)18(16(19(3,4)5)20(6,7)8)17(21(9,10)11)22(12,13)14;/h16-18H,1-14H3;15-17H,1-14H3;. The molecule has 0 aliphatic rings. The van der Waals surface area contributed by atoms with Gasteiger partial charge in [0.25, 0.3) is 0 Å². The van der Waals surface area contributed by atoms with Crippen molar-refractivity contribution in [3.63, 3.8) is 0 Å². The summed E-state index contributed by atoms with van der Waals surface area (Å²) in [4.78, 5) is 4.40. The zero-order chi connectivity index (χ0) is 38.2. The van der Waals surface area contributed by atoms with E-state index in [-0.39, 0.29) is 8.80 Å². The maximum atomic E-state index is 4.31. The van der Waals surface area contributed by atoms with Crippen LogP contribution in [0.15, 0.2) is 0 Å². The first-order chi connectivity index (χ1) is 19.5. The minimum absolute atomic E-state index is 0.321. The number of hydrogen-bond acceptors (Lipinski definition) is 0. The van der Waals surface area contributed by atoms with Crippen LogP contribution in [-0.4, -0.2) is 103 Å². The van der Waals surface area contributed by atoms with Crippen molar-refractivity contribution in [1.82, 2.24) is 0 Å². The van der Waals surface area contributed by atoms with Gasteiger partial charge in [-0.15, -0.1) is 0 Å². The van der Waals surface area contributed by atoms with Crippen LogP contribution >= 0.6 is 0 Å². The third-order valence-electron chi connectivity index (χ3n) is 10.4. The molecule has 0 spiro atoms. The molecule has 0 fully saturated rings. The van der Waals surface area contributed by atoms with Gasteiger partial charge in [-0.05, 0) is 0 Å². The fraction of sp³-hybridized carbons (Fsp3) is 0.971. The van der Waals surface area contributed by atoms with Gasteiger partial charge < -0.3 is 0 Å². The van der Waals surface area contributed by atoms with Gasteiger partial charge in [0.05, 0.1) is 0 Å². The molecule has 0 aromatic rings. The van der Waals surface area contributed by atoms with E-state index in [1.165, 1.54) is 0 Å². The van der Waals surface area contributed by atoms with Crippen molar-refractivity contribution < 1.29 is 0 Å². The summed E-state index contributed by atoms with van der Waals surface area (Å²) >= 11 is 1.59. The zero-order valence-corrected chi connectivity index (χ0v) is 50.3. The Morgan fingerprint density at radius 1 is 0.370 bits per heavy atom. The van der Waals surface area contributed by atoms with E-state index in [1.807, 2.05) is 0 Å². The van der Waals surface area contributed by atoms with Crippen LogP contribution in [0.25, 0.3) is 0 Å². The molecule has 0 aliphatic carbocycles. The molecule has 0 heterocycles. The molecule has 11 heteroatoms. The van der Waals surface area contributed by atoms with Crippen LogP contribution in [-0.2, 0) is 0 Å². The predicted molar refractivity (Wildman–Crippen MR) is 253 cm³/mol. The molecule has 0 N–H and O–H groups in total. The van der Waals surface area contributed by atoms with Crippen LogP contribution < -0.4 is 0 Å². The topological polar surface area (TPSA) is 0 Å². The van der Waals surface area contributed by atoms with E-state index < -0.39 is 72.7 Å². The third kappa shape index (κ3) is 13.9. The summed E-state index contributed by atoms with van der Waals surface area (Å²) in [5.41, 5.74) is 1.79. The van der Waals surface area contributed by atoms with E-state index in [9.17, 15) is 0 Å². The van der Waals surface area contributed by atoms with Gasteiger partial charge >= 0.3 is 173 Å². The van der Waals surface area contributed by atoms with Crippen LogP contribution in [0, 0.1) is 3.44 Å². The molecule has 2 radical (unpaired) electrons. The fourth-order valence-electron chi connectivity index (χ4n) is 12.0. The van der Waals surface area contributed by atoms with Crippen LogP contribution in [0.2, 0.25) is 187 Å². The van der Waals surface area contributed by atoms with Gasteiger partial charge in [-0.25, -0.2) is 0 Å². The Balaban J connectivity index is 0. The minimum atomic E-state index is -1.61. The number of hydrogen-bond donors (Lipinski definition) is 0. The summed E-state index contributed by atoms with van der Waals surface area (Å²) in [6, 6.07) is 0. The summed E-state index contributed by atoms with van der Waals surface area (Å²) < 4.78 is 4.31. The molecular formula is C35H90Si10Sn. The van der Waals surface area contributed by atoms with E-state index in [1.54, 1.807) is 21.8 Å². The van der Waals surface area contributed by atoms with Crippen LogP contribution in [0.3, 0.4) is 0 Å². The van der Waals surface area contributed by atoms with Crippen molar-refractivity contribution in [2.24, 2.45) is 0 Å². The molecule has 0 saturated carbocycles. The van der Waals surface area contributed by atoms with Crippen molar-refractivity contribution in [2.75, 3.05) is 0 Å². The molecular weight excluding hydrogens is 820 g/mol. The molecule has 0 aliphatic heterocycles. The molecule has 0 aromatic heterocycles. The zero-order valence-electron chi connectivity index (χ0n) is 37.5. The van der Waals surface area contributed by atoms with Crippen LogP contribution in [0.1, 0.15) is 27.7 Å². The van der Waals surface area contributed by atoms with Gasteiger partial charge in [0.1, 0.15) is 0 Å². The van der Waals surface area contributed by atoms with E-state index in [2.05, 4.69) is 188 Å². The Morgan fingerprint density at radius 3 is 0.652 bits per heavy atom. The molecule has 0 saturated heterocycles. The summed E-state index contributed by atoms with van der Waals surface area (Å²) in [5.74, 6) is 0. The van der Waals surface area contributed by atoms with E-state index in [0.717, 1.165) is 30.2 Å². The van der Waals surface area contributed by atoms with Crippen molar-refractivity contribution >= 4 is 103 Å². The first kappa shape index (κ1) is 50.9. The quantitative estimate of drug-likeness (QED) is 0.152. The summed E-state index contributed by atoms with van der Waals surface area (Å²) in [6.07, 6.45) is 0. The van der Waals surface area contributed by atoms with Gasteiger partial charge in [-0.2, -0.15) is 0 Å². The molecule has 0 bridgehead atoms. The first-order valence-electron chi connectivity index (χ1n) is 18.9. The van der Waals surface area contributed by atoms with E-state index >= 15 is 0 Å². The van der Waals surface area contributed by atoms with E-state index in [0.29, 0.717) is 0 Å². The van der Waals surface area contributed by atoms with Crippen molar-refractivity contribution in [3.05, 3.63) is 0 Å². The van der Waals surface area contributed by atoms with Crippen LogP contribution in [0.5, 0.6) is 0 Å². The van der Waals surface area contributed by atoms with Gasteiger partial charge in [0.15, 0.2) is 0 Å². The number of rotatable bonds is 14. The third-order valence-corrected chi connectivity index (χ3v) is 86.2. The molecule has 46 heavy (non-hydrogen) atoms. The SMILES string of the molecule is CC(C)[Si](C([Si](C)(C)C)[Si](C)(C)C)C([Si](C)(C)C)[Si](C)(C)C.CC(C)[Si]([C]#[Sn])(C([Si](C)(C)C)[Si](C)(C)C)C([Si](C)(C)C)[Si](C)(C)C. The normalized spacial score (nSPS) is 15.4. The monoisotopic (exact) mass is 910 g/mol. The Kier molecular flexibility index (Phi) is 18.6. The Morgan fingerprint density at radius 2 is 0.565 bits per heavy atom. The Labute approximate surface area is 318 Å². The van der Waals surface area contributed by atoms with Crippen molar-refractivity contribution in [2.45, 2.75) is 215 Å². The fourth-order valence-corrected chi connectivity index (χ4v) is 123. The van der Waals surface area contributed by atoms with Gasteiger partial charge in [-0.3, -0.25) is 0 Å². The van der Waals surface area contributed by atoms with Gasteiger partial charge in [0, 0.05) is 41.1 Å². The Hall–Kier alpha value is 2.75. The molecule has 0 aromatic carbocycles. The average Bonchev–Trinajstić information content (AvgIpc) is 2.64. The van der Waals surface area contributed by atoms with Gasteiger partial charge in [-0.1, -0.05) is 108 Å². The summed E-state index contributed by atoms with van der Waals surface area (Å²) in [7, 11) is -11.4. The van der Waals surface area contributed by atoms with Crippen molar-refractivity contribution in [1.29, 1.82) is 0 Å². The van der Waals surface area contributed by atoms with Crippen LogP contribution in [0.4, 0.5) is 0 Å². The molecule has 0 atom stereocenters. The second kappa shape index (κ2) is 16.8.